The van der Waals surface area contributed by atoms with E-state index in [0.717, 1.165) is 27.5 Å². The van der Waals surface area contributed by atoms with Crippen molar-refractivity contribution in [2.45, 2.75) is 10.9 Å². The van der Waals surface area contributed by atoms with Crippen molar-refractivity contribution in [3.8, 4) is 0 Å². The molecule has 0 atom stereocenters. The van der Waals surface area contributed by atoms with Crippen LogP contribution in [0.4, 0.5) is 5.69 Å². The van der Waals surface area contributed by atoms with Gasteiger partial charge in [-0.25, -0.2) is 9.97 Å². The molecule has 8 heteroatoms. The molecule has 23 heavy (non-hydrogen) atoms. The van der Waals surface area contributed by atoms with E-state index in [9.17, 15) is 10.1 Å². The largest absolute Gasteiger partial charge is 0.341 e. The average Bonchev–Trinajstić information content (AvgIpc) is 3.14. The fourth-order valence-corrected chi connectivity index (χ4v) is 3.12. The molecule has 2 heterocycles. The molecule has 0 aliphatic rings. The summed E-state index contributed by atoms with van der Waals surface area (Å²) in [7, 11) is 0. The summed E-state index contributed by atoms with van der Waals surface area (Å²) in [5, 5.41) is 11.6. The van der Waals surface area contributed by atoms with Crippen LogP contribution in [0.1, 0.15) is 5.82 Å². The highest BCUT2D eigenvalue weighted by Crippen LogP contribution is 2.24. The first kappa shape index (κ1) is 13.8. The number of H-pyrrole nitrogens is 2. The highest BCUT2D eigenvalue weighted by molar-refractivity contribution is 7.98. The van der Waals surface area contributed by atoms with Gasteiger partial charge in [0, 0.05) is 12.1 Å². The molecule has 0 fully saturated rings. The van der Waals surface area contributed by atoms with Gasteiger partial charge >= 0.3 is 0 Å². The van der Waals surface area contributed by atoms with Gasteiger partial charge in [-0.05, 0) is 18.2 Å². The van der Waals surface area contributed by atoms with E-state index in [1.807, 2.05) is 24.3 Å². The zero-order chi connectivity index (χ0) is 15.8. The number of hydrogen-bond acceptors (Lipinski definition) is 5. The molecular formula is C15H11N5O2S. The fraction of sp³-hybridized carbons (Fsp3) is 0.0667. The van der Waals surface area contributed by atoms with Gasteiger partial charge in [0.2, 0.25) is 0 Å². The molecule has 0 saturated carbocycles. The van der Waals surface area contributed by atoms with Crippen LogP contribution in [0.15, 0.2) is 47.6 Å². The number of fused-ring (bicyclic) bond motifs is 2. The van der Waals surface area contributed by atoms with Crippen LogP contribution in [0.2, 0.25) is 0 Å². The number of rotatable bonds is 4. The molecule has 0 unspecified atom stereocenters. The Kier molecular flexibility index (Phi) is 3.23. The highest BCUT2D eigenvalue weighted by Gasteiger charge is 2.10. The third-order valence-electron chi connectivity index (χ3n) is 3.44. The zero-order valence-corrected chi connectivity index (χ0v) is 12.6. The Balaban J connectivity index is 1.56. The lowest BCUT2D eigenvalue weighted by Gasteiger charge is -1.93. The van der Waals surface area contributed by atoms with Crippen molar-refractivity contribution in [3.63, 3.8) is 0 Å². The van der Waals surface area contributed by atoms with Gasteiger partial charge in [-0.15, -0.1) is 0 Å². The minimum absolute atomic E-state index is 0.0534. The molecule has 2 N–H and O–H groups in total. The number of thioether (sulfide) groups is 1. The second-order valence-electron chi connectivity index (χ2n) is 4.99. The average molecular weight is 325 g/mol. The summed E-state index contributed by atoms with van der Waals surface area (Å²) in [5.74, 6) is 1.36. The normalized spacial score (nSPS) is 11.3. The van der Waals surface area contributed by atoms with Gasteiger partial charge in [-0.2, -0.15) is 0 Å². The first-order valence-corrected chi connectivity index (χ1v) is 7.88. The number of benzene rings is 2. The van der Waals surface area contributed by atoms with Crippen LogP contribution in [0.3, 0.4) is 0 Å². The molecule has 0 aliphatic carbocycles. The van der Waals surface area contributed by atoms with Crippen molar-refractivity contribution in [3.05, 3.63) is 58.4 Å². The van der Waals surface area contributed by atoms with Crippen LogP contribution >= 0.6 is 11.8 Å². The molecule has 2 aromatic carbocycles. The van der Waals surface area contributed by atoms with E-state index >= 15 is 0 Å². The summed E-state index contributed by atoms with van der Waals surface area (Å²) in [6.07, 6.45) is 0. The highest BCUT2D eigenvalue weighted by atomic mass is 32.2. The Bertz CT molecular complexity index is 990. The third-order valence-corrected chi connectivity index (χ3v) is 4.32. The van der Waals surface area contributed by atoms with Crippen molar-refractivity contribution < 1.29 is 4.92 Å². The summed E-state index contributed by atoms with van der Waals surface area (Å²) in [6, 6.07) is 12.4. The molecule has 4 rings (SSSR count). The lowest BCUT2D eigenvalue weighted by Crippen LogP contribution is -1.86. The molecule has 0 amide bonds. The number of nitro benzene ring substituents is 1. The second-order valence-corrected chi connectivity index (χ2v) is 5.95. The van der Waals surface area contributed by atoms with Gasteiger partial charge < -0.3 is 9.97 Å². The Morgan fingerprint density at radius 3 is 2.70 bits per heavy atom. The van der Waals surface area contributed by atoms with Gasteiger partial charge in [0.25, 0.3) is 5.69 Å². The topological polar surface area (TPSA) is 100 Å². The van der Waals surface area contributed by atoms with E-state index in [1.165, 1.54) is 23.9 Å². The number of hydrogen-bond donors (Lipinski definition) is 2. The molecule has 0 spiro atoms. The molecule has 114 valence electrons. The Labute approximate surface area is 134 Å². The molecule has 0 bridgehead atoms. The van der Waals surface area contributed by atoms with Crippen LogP contribution in [-0.4, -0.2) is 24.9 Å². The van der Waals surface area contributed by atoms with Crippen LogP contribution in [0.5, 0.6) is 0 Å². The third kappa shape index (κ3) is 2.64. The predicted octanol–water partition coefficient (Wildman–Crippen LogP) is 3.64. The van der Waals surface area contributed by atoms with Crippen molar-refractivity contribution in [2.75, 3.05) is 0 Å². The van der Waals surface area contributed by atoms with Gasteiger partial charge in [0.1, 0.15) is 5.82 Å². The van der Waals surface area contributed by atoms with Gasteiger partial charge in [0.05, 0.1) is 32.7 Å². The van der Waals surface area contributed by atoms with E-state index in [4.69, 9.17) is 0 Å². The Morgan fingerprint density at radius 2 is 1.87 bits per heavy atom. The Morgan fingerprint density at radius 1 is 1.04 bits per heavy atom. The van der Waals surface area contributed by atoms with Crippen molar-refractivity contribution in [1.29, 1.82) is 0 Å². The number of nitro groups is 1. The summed E-state index contributed by atoms with van der Waals surface area (Å²) < 4.78 is 0. The lowest BCUT2D eigenvalue weighted by atomic mass is 10.3. The number of nitrogens with one attached hydrogen (secondary N) is 2. The molecule has 4 aromatic rings. The summed E-state index contributed by atoms with van der Waals surface area (Å²) in [6.45, 7) is 0. The summed E-state index contributed by atoms with van der Waals surface area (Å²) in [4.78, 5) is 25.7. The number of non-ortho nitro benzene ring substituents is 1. The lowest BCUT2D eigenvalue weighted by molar-refractivity contribution is -0.384. The van der Waals surface area contributed by atoms with Crippen molar-refractivity contribution >= 4 is 39.5 Å². The minimum atomic E-state index is -0.414. The maximum absolute atomic E-state index is 10.8. The number of para-hydroxylation sites is 2. The Hall–Kier alpha value is -2.87. The van der Waals surface area contributed by atoms with Crippen LogP contribution in [0, 0.1) is 10.1 Å². The number of imidazole rings is 2. The first-order chi connectivity index (χ1) is 11.2. The quantitative estimate of drug-likeness (QED) is 0.339. The van der Waals surface area contributed by atoms with Crippen molar-refractivity contribution in [2.24, 2.45) is 0 Å². The molecule has 0 aliphatic heterocycles. The molecular weight excluding hydrogens is 314 g/mol. The number of aromatic amines is 2. The zero-order valence-electron chi connectivity index (χ0n) is 11.8. The molecule has 0 saturated heterocycles. The van der Waals surface area contributed by atoms with Gasteiger partial charge in [-0.3, -0.25) is 10.1 Å². The van der Waals surface area contributed by atoms with Gasteiger partial charge in [-0.1, -0.05) is 23.9 Å². The maximum Gasteiger partial charge on any atom is 0.271 e. The van der Waals surface area contributed by atoms with E-state index in [2.05, 4.69) is 19.9 Å². The van der Waals surface area contributed by atoms with Crippen molar-refractivity contribution in [1.82, 2.24) is 19.9 Å². The SMILES string of the molecule is O=[N+]([O-])c1ccc2nc(CSc3nc4ccccc4[nH]3)[nH]c2c1. The van der Waals surface area contributed by atoms with E-state index in [0.29, 0.717) is 11.3 Å². The van der Waals surface area contributed by atoms with Gasteiger partial charge in [0.15, 0.2) is 5.16 Å². The fourth-order valence-electron chi connectivity index (χ4n) is 2.37. The molecule has 0 radical (unpaired) electrons. The van der Waals surface area contributed by atoms with Crippen LogP contribution in [-0.2, 0) is 5.75 Å². The molecule has 7 nitrogen and oxygen atoms in total. The molecule has 2 aromatic heterocycles. The summed E-state index contributed by atoms with van der Waals surface area (Å²) >= 11 is 1.53. The second kappa shape index (κ2) is 5.40. The van der Waals surface area contributed by atoms with E-state index in [1.54, 1.807) is 6.07 Å². The maximum atomic E-state index is 10.8. The first-order valence-electron chi connectivity index (χ1n) is 6.89. The van der Waals surface area contributed by atoms with Crippen LogP contribution < -0.4 is 0 Å². The smallest absolute Gasteiger partial charge is 0.271 e. The standard InChI is InChI=1S/C15H11N5O2S/c21-20(22)9-5-6-12-13(7-9)17-14(16-12)8-23-15-18-10-3-1-2-4-11(10)19-15/h1-7H,8H2,(H,16,17)(H,18,19). The van der Waals surface area contributed by atoms with E-state index in [-0.39, 0.29) is 5.69 Å². The number of nitrogens with zero attached hydrogens (tertiary/aromatic N) is 3. The monoisotopic (exact) mass is 325 g/mol. The minimum Gasteiger partial charge on any atom is -0.341 e. The predicted molar refractivity (Wildman–Crippen MR) is 88.4 cm³/mol. The van der Waals surface area contributed by atoms with Crippen LogP contribution in [0.25, 0.3) is 22.1 Å². The van der Waals surface area contributed by atoms with E-state index < -0.39 is 4.92 Å². The summed E-state index contributed by atoms with van der Waals surface area (Å²) in [5.41, 5.74) is 3.36. The number of aromatic nitrogens is 4.